The van der Waals surface area contributed by atoms with Gasteiger partial charge in [-0.1, -0.05) is 15.9 Å². The number of carbonyl (C=O) groups is 2. The van der Waals surface area contributed by atoms with E-state index in [9.17, 15) is 9.59 Å². The average molecular weight is 430 g/mol. The maximum absolute atomic E-state index is 12.5. The molecule has 140 valence electrons. The molecule has 6 heteroatoms. The van der Waals surface area contributed by atoms with Gasteiger partial charge in [-0.05, 0) is 60.5 Å². The van der Waals surface area contributed by atoms with Crippen molar-refractivity contribution < 1.29 is 19.1 Å². The van der Waals surface area contributed by atoms with Gasteiger partial charge in [0.15, 0.2) is 17.3 Å². The lowest BCUT2D eigenvalue weighted by molar-refractivity contribution is -0.117. The smallest absolute Gasteiger partial charge is 0.227 e. The van der Waals surface area contributed by atoms with Gasteiger partial charge in [0.25, 0.3) is 0 Å². The number of rotatable bonds is 6. The third kappa shape index (κ3) is 4.22. The Bertz CT molecular complexity index is 890. The van der Waals surface area contributed by atoms with Crippen LogP contribution in [0, 0.1) is 0 Å². The van der Waals surface area contributed by atoms with Crippen LogP contribution in [-0.4, -0.2) is 32.5 Å². The fourth-order valence-corrected chi connectivity index (χ4v) is 3.44. The SMILES string of the molecule is COc1cc(Br)c(C=CC(=O)c2ccc(N3CCCC3=O)cc2)cc1OC. The van der Waals surface area contributed by atoms with Crippen LogP contribution >= 0.6 is 15.9 Å². The summed E-state index contributed by atoms with van der Waals surface area (Å²) in [4.78, 5) is 26.0. The zero-order valence-electron chi connectivity index (χ0n) is 15.2. The van der Waals surface area contributed by atoms with E-state index in [0.29, 0.717) is 23.5 Å². The van der Waals surface area contributed by atoms with Crippen LogP contribution in [-0.2, 0) is 4.79 Å². The first-order valence-corrected chi connectivity index (χ1v) is 9.37. The van der Waals surface area contributed by atoms with Crippen molar-refractivity contribution >= 4 is 39.4 Å². The van der Waals surface area contributed by atoms with Crippen molar-refractivity contribution in [3.05, 3.63) is 58.1 Å². The molecule has 0 aliphatic carbocycles. The van der Waals surface area contributed by atoms with Gasteiger partial charge in [0.05, 0.1) is 14.2 Å². The van der Waals surface area contributed by atoms with Crippen LogP contribution in [0.25, 0.3) is 6.08 Å². The van der Waals surface area contributed by atoms with Crippen molar-refractivity contribution in [2.75, 3.05) is 25.7 Å². The van der Waals surface area contributed by atoms with Gasteiger partial charge in [0.1, 0.15) is 0 Å². The first-order chi connectivity index (χ1) is 13.0. The van der Waals surface area contributed by atoms with E-state index in [1.165, 1.54) is 6.08 Å². The van der Waals surface area contributed by atoms with Gasteiger partial charge in [0.2, 0.25) is 5.91 Å². The molecule has 2 aromatic carbocycles. The van der Waals surface area contributed by atoms with Gasteiger partial charge >= 0.3 is 0 Å². The van der Waals surface area contributed by atoms with Crippen molar-refractivity contribution in [2.24, 2.45) is 0 Å². The molecule has 0 spiro atoms. The molecule has 1 amide bonds. The second-order valence-electron chi connectivity index (χ2n) is 6.12. The largest absolute Gasteiger partial charge is 0.493 e. The zero-order chi connectivity index (χ0) is 19.4. The Morgan fingerprint density at radius 3 is 2.37 bits per heavy atom. The number of amides is 1. The number of methoxy groups -OCH3 is 2. The third-order valence-corrected chi connectivity index (χ3v) is 5.14. The number of anilines is 1. The second kappa shape index (κ2) is 8.39. The highest BCUT2D eigenvalue weighted by Gasteiger charge is 2.21. The van der Waals surface area contributed by atoms with Crippen molar-refractivity contribution in [2.45, 2.75) is 12.8 Å². The minimum atomic E-state index is -0.115. The molecule has 5 nitrogen and oxygen atoms in total. The van der Waals surface area contributed by atoms with E-state index in [-0.39, 0.29) is 11.7 Å². The predicted octanol–water partition coefficient (Wildman–Crippen LogP) is 4.49. The van der Waals surface area contributed by atoms with Gasteiger partial charge < -0.3 is 14.4 Å². The Balaban J connectivity index is 1.76. The van der Waals surface area contributed by atoms with Gasteiger partial charge in [-0.25, -0.2) is 0 Å². The van der Waals surface area contributed by atoms with Crippen molar-refractivity contribution in [1.29, 1.82) is 0 Å². The Labute approximate surface area is 166 Å². The van der Waals surface area contributed by atoms with Gasteiger partial charge in [-0.2, -0.15) is 0 Å². The summed E-state index contributed by atoms with van der Waals surface area (Å²) in [6.45, 7) is 0.735. The van der Waals surface area contributed by atoms with E-state index in [0.717, 1.165) is 28.7 Å². The highest BCUT2D eigenvalue weighted by Crippen LogP contribution is 2.34. The summed E-state index contributed by atoms with van der Waals surface area (Å²) >= 11 is 3.47. The molecule has 0 atom stereocenters. The lowest BCUT2D eigenvalue weighted by Crippen LogP contribution is -2.23. The standard InChI is InChI=1S/C21H20BrNO4/c1-26-19-12-15(17(22)13-20(19)27-2)7-10-18(24)14-5-8-16(9-6-14)23-11-3-4-21(23)25/h5-10,12-13H,3-4,11H2,1-2H3. The molecule has 1 aliphatic rings. The average Bonchev–Trinajstić information content (AvgIpc) is 3.12. The van der Waals surface area contributed by atoms with Crippen LogP contribution in [0.5, 0.6) is 11.5 Å². The zero-order valence-corrected chi connectivity index (χ0v) is 16.8. The van der Waals surface area contributed by atoms with Crippen LogP contribution in [0.2, 0.25) is 0 Å². The Kier molecular flexibility index (Phi) is 5.96. The number of nitrogens with zero attached hydrogens (tertiary/aromatic N) is 1. The number of halogens is 1. The molecule has 27 heavy (non-hydrogen) atoms. The Hall–Kier alpha value is -2.60. The highest BCUT2D eigenvalue weighted by molar-refractivity contribution is 9.10. The van der Waals surface area contributed by atoms with Crippen LogP contribution in [0.15, 0.2) is 46.9 Å². The number of ketones is 1. The van der Waals surface area contributed by atoms with Crippen LogP contribution in [0.1, 0.15) is 28.8 Å². The molecule has 1 fully saturated rings. The fourth-order valence-electron chi connectivity index (χ4n) is 2.99. The second-order valence-corrected chi connectivity index (χ2v) is 6.98. The topological polar surface area (TPSA) is 55.8 Å². The summed E-state index contributed by atoms with van der Waals surface area (Å²) in [6, 6.07) is 10.7. The van der Waals surface area contributed by atoms with E-state index in [1.54, 1.807) is 49.5 Å². The molecule has 0 N–H and O–H groups in total. The molecule has 1 aliphatic heterocycles. The minimum Gasteiger partial charge on any atom is -0.493 e. The number of hydrogen-bond acceptors (Lipinski definition) is 4. The number of hydrogen-bond donors (Lipinski definition) is 0. The number of benzene rings is 2. The van der Waals surface area contributed by atoms with Crippen molar-refractivity contribution in [3.63, 3.8) is 0 Å². The van der Waals surface area contributed by atoms with Gasteiger partial charge in [-0.15, -0.1) is 0 Å². The maximum atomic E-state index is 12.5. The molecule has 1 saturated heterocycles. The molecular weight excluding hydrogens is 410 g/mol. The molecular formula is C21H20BrNO4. The Morgan fingerprint density at radius 1 is 1.11 bits per heavy atom. The Morgan fingerprint density at radius 2 is 1.78 bits per heavy atom. The van der Waals surface area contributed by atoms with Crippen LogP contribution in [0.3, 0.4) is 0 Å². The van der Waals surface area contributed by atoms with Crippen molar-refractivity contribution in [1.82, 2.24) is 0 Å². The first-order valence-electron chi connectivity index (χ1n) is 8.58. The quantitative estimate of drug-likeness (QED) is 0.501. The molecule has 0 aromatic heterocycles. The monoisotopic (exact) mass is 429 g/mol. The van der Waals surface area contributed by atoms with Crippen LogP contribution in [0.4, 0.5) is 5.69 Å². The summed E-state index contributed by atoms with van der Waals surface area (Å²) in [5.74, 6) is 1.22. The van der Waals surface area contributed by atoms with Gasteiger partial charge in [-0.3, -0.25) is 9.59 Å². The molecule has 0 radical (unpaired) electrons. The summed E-state index contributed by atoms with van der Waals surface area (Å²) in [7, 11) is 3.14. The summed E-state index contributed by atoms with van der Waals surface area (Å²) in [5, 5.41) is 0. The molecule has 1 heterocycles. The molecule has 3 rings (SSSR count). The van der Waals surface area contributed by atoms with E-state index < -0.39 is 0 Å². The highest BCUT2D eigenvalue weighted by atomic mass is 79.9. The summed E-state index contributed by atoms with van der Waals surface area (Å²) in [5.41, 5.74) is 2.21. The van der Waals surface area contributed by atoms with E-state index in [2.05, 4.69) is 15.9 Å². The van der Waals surface area contributed by atoms with Crippen LogP contribution < -0.4 is 14.4 Å². The van der Waals surface area contributed by atoms with E-state index in [1.807, 2.05) is 12.1 Å². The lowest BCUT2D eigenvalue weighted by atomic mass is 10.1. The van der Waals surface area contributed by atoms with Crippen molar-refractivity contribution in [3.8, 4) is 11.5 Å². The molecule has 0 saturated carbocycles. The number of ether oxygens (including phenoxy) is 2. The lowest BCUT2D eigenvalue weighted by Gasteiger charge is -2.15. The minimum absolute atomic E-state index is 0.115. The summed E-state index contributed by atoms with van der Waals surface area (Å²) < 4.78 is 11.3. The van der Waals surface area contributed by atoms with E-state index in [4.69, 9.17) is 9.47 Å². The maximum Gasteiger partial charge on any atom is 0.227 e. The fraction of sp³-hybridized carbons (Fsp3) is 0.238. The number of carbonyl (C=O) groups excluding carboxylic acids is 2. The van der Waals surface area contributed by atoms with E-state index >= 15 is 0 Å². The molecule has 0 bridgehead atoms. The van der Waals surface area contributed by atoms with Gasteiger partial charge in [0, 0.05) is 28.7 Å². The first kappa shape index (κ1) is 19.2. The predicted molar refractivity (Wildman–Crippen MR) is 109 cm³/mol. The molecule has 0 unspecified atom stereocenters. The summed E-state index contributed by atoms with van der Waals surface area (Å²) in [6.07, 6.45) is 4.71. The normalized spacial score (nSPS) is 14.0. The third-order valence-electron chi connectivity index (χ3n) is 4.45. The molecule has 2 aromatic rings. The number of allylic oxidation sites excluding steroid dienone is 1.